The number of hydrogen-bond acceptors (Lipinski definition) is 3. The molecule has 55 heavy (non-hydrogen) atoms. The number of furan rings is 1. The molecule has 0 bridgehead atoms. The topological polar surface area (TPSA) is 25.6 Å². The smallest absolute Gasteiger partial charge is 0.137 e. The van der Waals surface area contributed by atoms with Gasteiger partial charge in [0, 0.05) is 33.3 Å². The Morgan fingerprint density at radius 1 is 0.418 bits per heavy atom. The molecule has 1 aliphatic heterocycles. The van der Waals surface area contributed by atoms with Crippen molar-refractivity contribution >= 4 is 39.0 Å². The number of anilines is 3. The highest BCUT2D eigenvalue weighted by Gasteiger charge is 2.51. The molecule has 8 aromatic carbocycles. The lowest BCUT2D eigenvalue weighted by Gasteiger charge is -2.39. The number of para-hydroxylation sites is 3. The van der Waals surface area contributed by atoms with E-state index in [9.17, 15) is 0 Å². The first-order valence-electron chi connectivity index (χ1n) is 19.1. The van der Waals surface area contributed by atoms with Crippen LogP contribution < -0.4 is 9.64 Å². The number of fused-ring (bicyclic) bond motifs is 15. The van der Waals surface area contributed by atoms with E-state index in [-0.39, 0.29) is 5.41 Å². The lowest BCUT2D eigenvalue weighted by Crippen LogP contribution is -2.32. The molecule has 0 saturated heterocycles. The van der Waals surface area contributed by atoms with Gasteiger partial charge in [-0.05, 0) is 105 Å². The van der Waals surface area contributed by atoms with Gasteiger partial charge in [-0.15, -0.1) is 0 Å². The maximum Gasteiger partial charge on any atom is 0.137 e. The zero-order chi connectivity index (χ0) is 36.5. The molecule has 0 unspecified atom stereocenters. The molecule has 0 radical (unpaired) electrons. The van der Waals surface area contributed by atoms with E-state index in [0.29, 0.717) is 0 Å². The van der Waals surface area contributed by atoms with E-state index in [1.165, 1.54) is 44.5 Å². The SMILES string of the molecule is CC1(C)c2ccccc2-c2cc(N(c3ccccc3)c3cccc4oc5cc6c(cc5c34)-c3ccccc3C63c4ccccc4Oc4ccccc43)ccc21. The van der Waals surface area contributed by atoms with Gasteiger partial charge in [-0.1, -0.05) is 129 Å². The van der Waals surface area contributed by atoms with E-state index in [1.54, 1.807) is 0 Å². The molecular formula is C52H35NO2. The summed E-state index contributed by atoms with van der Waals surface area (Å²) in [4.78, 5) is 2.40. The average molecular weight is 706 g/mol. The van der Waals surface area contributed by atoms with Crippen LogP contribution in [0.25, 0.3) is 44.2 Å². The Morgan fingerprint density at radius 3 is 1.76 bits per heavy atom. The molecule has 1 spiro atoms. The van der Waals surface area contributed by atoms with Gasteiger partial charge in [0.15, 0.2) is 0 Å². The van der Waals surface area contributed by atoms with Gasteiger partial charge in [-0.25, -0.2) is 0 Å². The van der Waals surface area contributed by atoms with Crippen molar-refractivity contribution in [3.8, 4) is 33.8 Å². The summed E-state index contributed by atoms with van der Waals surface area (Å²) >= 11 is 0. The molecule has 12 rings (SSSR count). The summed E-state index contributed by atoms with van der Waals surface area (Å²) < 4.78 is 13.5. The molecule has 3 heteroatoms. The lowest BCUT2D eigenvalue weighted by molar-refractivity contribution is 0.436. The highest BCUT2D eigenvalue weighted by atomic mass is 16.5. The quantitative estimate of drug-likeness (QED) is 0.183. The average Bonchev–Trinajstić information content (AvgIpc) is 3.82. The van der Waals surface area contributed by atoms with Gasteiger partial charge in [0.25, 0.3) is 0 Å². The maximum atomic E-state index is 6.94. The van der Waals surface area contributed by atoms with Gasteiger partial charge in [-0.2, -0.15) is 0 Å². The largest absolute Gasteiger partial charge is 0.457 e. The minimum Gasteiger partial charge on any atom is -0.457 e. The van der Waals surface area contributed by atoms with Crippen LogP contribution in [0.4, 0.5) is 17.1 Å². The summed E-state index contributed by atoms with van der Waals surface area (Å²) in [5, 5.41) is 2.19. The molecular weight excluding hydrogens is 671 g/mol. The molecule has 9 aromatic rings. The molecule has 2 aliphatic carbocycles. The van der Waals surface area contributed by atoms with Crippen molar-refractivity contribution < 1.29 is 9.15 Å². The standard InChI is InChI=1S/C52H35NO2/c1-51(2)39-19-8-6-17-34(39)36-29-33(27-28-40(36)51)53(32-15-4-3-5-16-32)45-23-14-26-48-50(45)38-30-37-35-18-7-9-20-41(35)52(44(37)31-49(38)55-48)42-21-10-12-24-46(42)54-47-25-13-11-22-43(47)52/h3-31H,1-2H3. The predicted molar refractivity (Wildman–Crippen MR) is 223 cm³/mol. The van der Waals surface area contributed by atoms with Crippen molar-refractivity contribution in [1.29, 1.82) is 0 Å². The molecule has 3 aliphatic rings. The Morgan fingerprint density at radius 2 is 1.02 bits per heavy atom. The van der Waals surface area contributed by atoms with Gasteiger partial charge in [0.2, 0.25) is 0 Å². The molecule has 0 N–H and O–H groups in total. The van der Waals surface area contributed by atoms with Gasteiger partial charge in [-0.3, -0.25) is 0 Å². The van der Waals surface area contributed by atoms with Crippen LogP contribution in [-0.4, -0.2) is 0 Å². The van der Waals surface area contributed by atoms with Crippen LogP contribution >= 0.6 is 0 Å². The van der Waals surface area contributed by atoms with E-state index in [2.05, 4.69) is 195 Å². The summed E-state index contributed by atoms with van der Waals surface area (Å²) in [5.41, 5.74) is 16.9. The number of nitrogens with zero attached hydrogens (tertiary/aromatic N) is 1. The number of hydrogen-bond donors (Lipinski definition) is 0. The van der Waals surface area contributed by atoms with Crippen molar-refractivity contribution in [1.82, 2.24) is 0 Å². The van der Waals surface area contributed by atoms with Gasteiger partial charge < -0.3 is 14.1 Å². The molecule has 0 amide bonds. The molecule has 0 saturated carbocycles. The third-order valence-electron chi connectivity index (χ3n) is 12.5. The molecule has 2 heterocycles. The monoisotopic (exact) mass is 705 g/mol. The van der Waals surface area contributed by atoms with Gasteiger partial charge in [0.1, 0.15) is 22.7 Å². The fraction of sp³-hybridized carbons (Fsp3) is 0.0769. The first-order valence-corrected chi connectivity index (χ1v) is 19.1. The van der Waals surface area contributed by atoms with Crippen LogP contribution in [0.5, 0.6) is 11.5 Å². The minimum absolute atomic E-state index is 0.0671. The van der Waals surface area contributed by atoms with Crippen LogP contribution in [0.2, 0.25) is 0 Å². The summed E-state index contributed by atoms with van der Waals surface area (Å²) in [6.45, 7) is 4.67. The van der Waals surface area contributed by atoms with Crippen LogP contribution in [0.15, 0.2) is 180 Å². The first-order chi connectivity index (χ1) is 27.0. The molecule has 1 aromatic heterocycles. The summed E-state index contributed by atoms with van der Waals surface area (Å²) in [5.74, 6) is 1.77. The number of ether oxygens (including phenoxy) is 1. The Labute approximate surface area is 319 Å². The molecule has 0 fully saturated rings. The summed E-state index contributed by atoms with van der Waals surface area (Å²) in [6.07, 6.45) is 0. The zero-order valence-corrected chi connectivity index (χ0v) is 30.5. The first kappa shape index (κ1) is 30.6. The van der Waals surface area contributed by atoms with Gasteiger partial charge >= 0.3 is 0 Å². The van der Waals surface area contributed by atoms with E-state index < -0.39 is 5.41 Å². The van der Waals surface area contributed by atoms with Crippen LogP contribution in [0, 0.1) is 0 Å². The fourth-order valence-corrected chi connectivity index (χ4v) is 10.2. The molecule has 260 valence electrons. The Kier molecular flexibility index (Phi) is 6.05. The molecule has 0 atom stereocenters. The number of rotatable bonds is 3. The Bertz CT molecular complexity index is 3010. The second kappa shape index (κ2) is 10.9. The van der Waals surface area contributed by atoms with Crippen molar-refractivity contribution in [3.05, 3.63) is 209 Å². The highest BCUT2D eigenvalue weighted by molar-refractivity contribution is 6.15. The zero-order valence-electron chi connectivity index (χ0n) is 30.5. The fourth-order valence-electron chi connectivity index (χ4n) is 10.2. The summed E-state index contributed by atoms with van der Waals surface area (Å²) in [6, 6.07) is 63.7. The number of benzene rings is 8. The van der Waals surface area contributed by atoms with Crippen LogP contribution in [0.3, 0.4) is 0 Å². The normalized spacial score (nSPS) is 14.8. The third kappa shape index (κ3) is 3.94. The summed E-state index contributed by atoms with van der Waals surface area (Å²) in [7, 11) is 0. The Hall–Kier alpha value is -6.84. The maximum absolute atomic E-state index is 6.94. The van der Waals surface area contributed by atoms with Crippen LogP contribution in [0.1, 0.15) is 47.2 Å². The second-order valence-electron chi connectivity index (χ2n) is 15.6. The van der Waals surface area contributed by atoms with Crippen molar-refractivity contribution in [2.24, 2.45) is 0 Å². The second-order valence-corrected chi connectivity index (χ2v) is 15.6. The third-order valence-corrected chi connectivity index (χ3v) is 12.5. The van der Waals surface area contributed by atoms with Crippen LogP contribution in [-0.2, 0) is 10.8 Å². The molecule has 3 nitrogen and oxygen atoms in total. The van der Waals surface area contributed by atoms with Gasteiger partial charge in [0.05, 0.1) is 16.5 Å². The Balaban J connectivity index is 1.13. The van der Waals surface area contributed by atoms with E-state index in [1.807, 2.05) is 0 Å². The minimum atomic E-state index is -0.558. The lowest BCUT2D eigenvalue weighted by atomic mass is 9.66. The van der Waals surface area contributed by atoms with Crippen molar-refractivity contribution in [2.45, 2.75) is 24.7 Å². The predicted octanol–water partition coefficient (Wildman–Crippen LogP) is 13.8. The van der Waals surface area contributed by atoms with Crippen molar-refractivity contribution in [3.63, 3.8) is 0 Å². The van der Waals surface area contributed by atoms with Crippen molar-refractivity contribution in [2.75, 3.05) is 4.90 Å². The highest BCUT2D eigenvalue weighted by Crippen LogP contribution is 2.63. The van der Waals surface area contributed by atoms with E-state index in [0.717, 1.165) is 61.6 Å². The van der Waals surface area contributed by atoms with E-state index in [4.69, 9.17) is 9.15 Å². The van der Waals surface area contributed by atoms with E-state index >= 15 is 0 Å².